The Bertz CT molecular complexity index is 238. The van der Waals surface area contributed by atoms with Crippen molar-refractivity contribution in [1.82, 2.24) is 0 Å². The largest absolute Gasteiger partial charge is 0.0625 e. The van der Waals surface area contributed by atoms with Crippen LogP contribution in [0.3, 0.4) is 0 Å². The molecule has 78 valence electrons. The monoisotopic (exact) mass is 190 g/mol. The minimum atomic E-state index is 0.773. The molecule has 0 aliphatic carbocycles. The molecule has 0 fully saturated rings. The van der Waals surface area contributed by atoms with E-state index in [0.29, 0.717) is 0 Å². The van der Waals surface area contributed by atoms with Crippen LogP contribution in [0.4, 0.5) is 0 Å². The fraction of sp³-hybridized carbons (Fsp3) is 0.571. The molecule has 0 spiro atoms. The Morgan fingerprint density at radius 3 is 1.79 bits per heavy atom. The first-order chi connectivity index (χ1) is 6.61. The van der Waals surface area contributed by atoms with E-state index in [1.807, 2.05) is 0 Å². The van der Waals surface area contributed by atoms with Gasteiger partial charge in [-0.05, 0) is 29.7 Å². The van der Waals surface area contributed by atoms with Crippen LogP contribution >= 0.6 is 0 Å². The van der Waals surface area contributed by atoms with Crippen LogP contribution in [0.5, 0.6) is 0 Å². The summed E-state index contributed by atoms with van der Waals surface area (Å²) in [6.07, 6.45) is 1.22. The molecule has 1 rings (SSSR count). The Hall–Kier alpha value is -0.780. The number of benzene rings is 1. The van der Waals surface area contributed by atoms with Gasteiger partial charge in [-0.25, -0.2) is 0 Å². The minimum Gasteiger partial charge on any atom is -0.0625 e. The van der Waals surface area contributed by atoms with Crippen LogP contribution in [0.2, 0.25) is 0 Å². The fourth-order valence-electron chi connectivity index (χ4n) is 2.13. The SMILES string of the molecule is CC(C)C(Cc1ccccc1)C(C)C. The number of rotatable bonds is 4. The lowest BCUT2D eigenvalue weighted by Crippen LogP contribution is -2.18. The normalized spacial score (nSPS) is 11.6. The molecule has 0 aliphatic heterocycles. The van der Waals surface area contributed by atoms with Crippen LogP contribution in [0.25, 0.3) is 0 Å². The standard InChI is InChI=1S/C14H22/c1-11(2)14(12(3)4)10-13-8-6-5-7-9-13/h5-9,11-12,14H,10H2,1-4H3. The molecule has 0 heterocycles. The fourth-order valence-corrected chi connectivity index (χ4v) is 2.13. The third kappa shape index (κ3) is 3.17. The van der Waals surface area contributed by atoms with E-state index in [1.165, 1.54) is 12.0 Å². The zero-order valence-corrected chi connectivity index (χ0v) is 9.83. The Kier molecular flexibility index (Phi) is 4.19. The Morgan fingerprint density at radius 1 is 0.857 bits per heavy atom. The molecule has 0 saturated heterocycles. The lowest BCUT2D eigenvalue weighted by Gasteiger charge is -2.24. The summed E-state index contributed by atoms with van der Waals surface area (Å²) in [5.41, 5.74) is 1.47. The quantitative estimate of drug-likeness (QED) is 0.669. The molecule has 0 saturated carbocycles. The van der Waals surface area contributed by atoms with Gasteiger partial charge < -0.3 is 0 Å². The average Bonchev–Trinajstić information content (AvgIpc) is 2.15. The summed E-state index contributed by atoms with van der Waals surface area (Å²) >= 11 is 0. The third-order valence-corrected chi connectivity index (χ3v) is 3.03. The Balaban J connectivity index is 2.65. The summed E-state index contributed by atoms with van der Waals surface area (Å²) in [6, 6.07) is 10.8. The first kappa shape index (κ1) is 11.3. The Morgan fingerprint density at radius 2 is 1.36 bits per heavy atom. The molecule has 0 unspecified atom stereocenters. The van der Waals surface area contributed by atoms with Crippen molar-refractivity contribution in [3.63, 3.8) is 0 Å². The predicted molar refractivity (Wildman–Crippen MR) is 63.3 cm³/mol. The van der Waals surface area contributed by atoms with Crippen molar-refractivity contribution in [3.05, 3.63) is 35.9 Å². The molecule has 0 aromatic heterocycles. The van der Waals surface area contributed by atoms with E-state index < -0.39 is 0 Å². The summed E-state index contributed by atoms with van der Waals surface area (Å²) in [7, 11) is 0. The van der Waals surface area contributed by atoms with Crippen molar-refractivity contribution in [2.24, 2.45) is 17.8 Å². The highest BCUT2D eigenvalue weighted by Crippen LogP contribution is 2.24. The summed E-state index contributed by atoms with van der Waals surface area (Å²) in [5, 5.41) is 0. The second-order valence-corrected chi connectivity index (χ2v) is 4.84. The number of hydrogen-bond donors (Lipinski definition) is 0. The van der Waals surface area contributed by atoms with Crippen molar-refractivity contribution in [2.75, 3.05) is 0 Å². The van der Waals surface area contributed by atoms with Crippen LogP contribution in [-0.4, -0.2) is 0 Å². The van der Waals surface area contributed by atoms with Crippen LogP contribution in [0, 0.1) is 17.8 Å². The Labute approximate surface area is 88.4 Å². The van der Waals surface area contributed by atoms with Crippen molar-refractivity contribution >= 4 is 0 Å². The van der Waals surface area contributed by atoms with Crippen LogP contribution in [0.1, 0.15) is 33.3 Å². The van der Waals surface area contributed by atoms with Gasteiger partial charge in [0.1, 0.15) is 0 Å². The molecular formula is C14H22. The summed E-state index contributed by atoms with van der Waals surface area (Å²) < 4.78 is 0. The molecule has 0 atom stereocenters. The van der Waals surface area contributed by atoms with E-state index in [2.05, 4.69) is 58.0 Å². The van der Waals surface area contributed by atoms with E-state index in [9.17, 15) is 0 Å². The lowest BCUT2D eigenvalue weighted by molar-refractivity contribution is 0.286. The first-order valence-corrected chi connectivity index (χ1v) is 5.65. The van der Waals surface area contributed by atoms with E-state index in [4.69, 9.17) is 0 Å². The van der Waals surface area contributed by atoms with Gasteiger partial charge in [0.15, 0.2) is 0 Å². The highest BCUT2D eigenvalue weighted by atomic mass is 14.2. The zero-order valence-electron chi connectivity index (χ0n) is 9.83. The highest BCUT2D eigenvalue weighted by Gasteiger charge is 2.17. The van der Waals surface area contributed by atoms with Crippen molar-refractivity contribution in [2.45, 2.75) is 34.1 Å². The van der Waals surface area contributed by atoms with Gasteiger partial charge in [-0.15, -0.1) is 0 Å². The van der Waals surface area contributed by atoms with Gasteiger partial charge in [0, 0.05) is 0 Å². The van der Waals surface area contributed by atoms with Gasteiger partial charge in [0.05, 0.1) is 0 Å². The molecule has 0 nitrogen and oxygen atoms in total. The van der Waals surface area contributed by atoms with Gasteiger partial charge in [0.2, 0.25) is 0 Å². The smallest absolute Gasteiger partial charge is 0.0245 e. The van der Waals surface area contributed by atoms with Gasteiger partial charge in [-0.1, -0.05) is 58.0 Å². The van der Waals surface area contributed by atoms with Crippen LogP contribution < -0.4 is 0 Å². The molecule has 1 aromatic carbocycles. The highest BCUT2D eigenvalue weighted by molar-refractivity contribution is 5.15. The lowest BCUT2D eigenvalue weighted by atomic mass is 9.81. The molecule has 0 N–H and O–H groups in total. The van der Waals surface area contributed by atoms with E-state index >= 15 is 0 Å². The van der Waals surface area contributed by atoms with E-state index in [-0.39, 0.29) is 0 Å². The number of hydrogen-bond acceptors (Lipinski definition) is 0. The van der Waals surface area contributed by atoms with Gasteiger partial charge >= 0.3 is 0 Å². The summed E-state index contributed by atoms with van der Waals surface area (Å²) in [5.74, 6) is 2.35. The second-order valence-electron chi connectivity index (χ2n) is 4.84. The van der Waals surface area contributed by atoms with Crippen LogP contribution in [0.15, 0.2) is 30.3 Å². The summed E-state index contributed by atoms with van der Waals surface area (Å²) in [4.78, 5) is 0. The van der Waals surface area contributed by atoms with Crippen molar-refractivity contribution in [3.8, 4) is 0 Å². The maximum absolute atomic E-state index is 2.33. The molecule has 0 bridgehead atoms. The van der Waals surface area contributed by atoms with Crippen molar-refractivity contribution in [1.29, 1.82) is 0 Å². The molecular weight excluding hydrogens is 168 g/mol. The van der Waals surface area contributed by atoms with Gasteiger partial charge in [0.25, 0.3) is 0 Å². The first-order valence-electron chi connectivity index (χ1n) is 5.65. The summed E-state index contributed by atoms with van der Waals surface area (Å²) in [6.45, 7) is 9.31. The molecule has 14 heavy (non-hydrogen) atoms. The molecule has 0 heteroatoms. The molecule has 1 aromatic rings. The average molecular weight is 190 g/mol. The van der Waals surface area contributed by atoms with Crippen molar-refractivity contribution < 1.29 is 0 Å². The maximum atomic E-state index is 2.33. The zero-order chi connectivity index (χ0) is 10.6. The van der Waals surface area contributed by atoms with Gasteiger partial charge in [-0.2, -0.15) is 0 Å². The van der Waals surface area contributed by atoms with Crippen LogP contribution in [-0.2, 0) is 6.42 Å². The second kappa shape index (κ2) is 5.19. The van der Waals surface area contributed by atoms with E-state index in [0.717, 1.165) is 17.8 Å². The third-order valence-electron chi connectivity index (χ3n) is 3.03. The molecule has 0 radical (unpaired) electrons. The molecule has 0 amide bonds. The van der Waals surface area contributed by atoms with Gasteiger partial charge in [-0.3, -0.25) is 0 Å². The predicted octanol–water partition coefficient (Wildman–Crippen LogP) is 4.16. The minimum absolute atomic E-state index is 0.773. The van der Waals surface area contributed by atoms with E-state index in [1.54, 1.807) is 0 Å². The molecule has 0 aliphatic rings. The maximum Gasteiger partial charge on any atom is -0.0245 e. The topological polar surface area (TPSA) is 0 Å².